The van der Waals surface area contributed by atoms with E-state index in [1.807, 2.05) is 0 Å². The highest BCUT2D eigenvalue weighted by atomic mass is 32.2. The zero-order valence-electron chi connectivity index (χ0n) is 76.6. The fraction of sp³-hybridized carbons (Fsp3) is 0.241. The predicted molar refractivity (Wildman–Crippen MR) is 544 cm³/mol. The molecular formula is C112H104O20S6. The Balaban J connectivity index is 0.974. The first-order chi connectivity index (χ1) is 66.8. The van der Waals surface area contributed by atoms with E-state index >= 15 is 33.6 Å². The Morgan fingerprint density at radius 2 is 0.319 bits per heavy atom. The number of hydrogen-bond donors (Lipinski definition) is 0. The molecule has 20 nitrogen and oxygen atoms in total. The minimum absolute atomic E-state index is 0.320. The van der Waals surface area contributed by atoms with Crippen molar-refractivity contribution in [3.05, 3.63) is 431 Å². The first kappa shape index (κ1) is 104. The number of Topliss-reactive ketones (excluding diaryl/α,β-unsaturated/α-hetero) is 6. The summed E-state index contributed by atoms with van der Waals surface area (Å²) in [6.45, 7) is 1.36. The molecular weight excluding hydrogens is 1860 g/mol. The molecule has 12 aromatic carbocycles. The number of ketones is 6. The SMILES string of the molecule is CC(SC(C(=O)c1ccccc1)c1ccccc1)C(=O)OCC(COC(=O)C(C)SC(C(=O)c1ccccc1)c1ccccc1)(COC(=O)C(C)SC(C(=O)c1ccccc1)c1ccccc1)COC(=O)C(COC(=O)C(C)SC(C(=O)c1ccccc1)c1ccccc1)(COC(=O)C(C)SC(C(=O)c1ccccc1)c1ccccc1)COC(=O)C(C)SC(C(=O)c1ccccc1)c1ccccc1. The van der Waals surface area contributed by atoms with E-state index in [0.717, 1.165) is 70.6 Å². The van der Waals surface area contributed by atoms with Crippen molar-refractivity contribution in [2.45, 2.75) is 105 Å². The molecule has 0 N–H and O–H groups in total. The highest BCUT2D eigenvalue weighted by molar-refractivity contribution is 8.02. The van der Waals surface area contributed by atoms with Crippen molar-refractivity contribution in [3.63, 3.8) is 0 Å². The third-order valence-corrected chi connectivity index (χ3v) is 30.6. The van der Waals surface area contributed by atoms with E-state index in [-0.39, 0.29) is 34.7 Å². The second-order valence-corrected chi connectivity index (χ2v) is 41.5. The minimum Gasteiger partial charge on any atom is -0.464 e. The number of hydrogen-bond acceptors (Lipinski definition) is 26. The summed E-state index contributed by atoms with van der Waals surface area (Å²) in [4.78, 5) is 198. The lowest BCUT2D eigenvalue weighted by molar-refractivity contribution is -0.186. The monoisotopic (exact) mass is 1960 g/mol. The lowest BCUT2D eigenvalue weighted by Gasteiger charge is -2.35. The van der Waals surface area contributed by atoms with Gasteiger partial charge in [-0.15, -0.1) is 70.6 Å². The quantitative estimate of drug-likeness (QED) is 0.0194. The van der Waals surface area contributed by atoms with Gasteiger partial charge in [-0.05, 0) is 74.9 Å². The summed E-state index contributed by atoms with van der Waals surface area (Å²) in [5.74, 6) is -9.77. The van der Waals surface area contributed by atoms with Crippen molar-refractivity contribution in [2.24, 2.45) is 10.8 Å². The summed E-state index contributed by atoms with van der Waals surface area (Å²) in [5.41, 5.74) is 0.0633. The second-order valence-electron chi connectivity index (χ2n) is 32.8. The van der Waals surface area contributed by atoms with E-state index in [0.29, 0.717) is 66.8 Å². The van der Waals surface area contributed by atoms with Gasteiger partial charge in [-0.1, -0.05) is 364 Å². The molecule has 0 aromatic heterocycles. The van der Waals surface area contributed by atoms with E-state index in [1.54, 1.807) is 364 Å². The standard InChI is InChI=1S/C112H104O20S6/c1-74(133-98(86-55-31-13-32-56-86)92(113)80-43-19-7-20-44-80)104(119)126-67-111(68-127-105(120)75(2)134-99(87-57-33-14-34-58-87)93(114)81-45-21-8-22-46-81,69-128-106(121)76(3)135-100(88-59-35-15-36-60-88)94(115)82-47-23-9-24-48-82)70-132-110(125)112(71-129-107(122)77(4)136-101(89-61-37-16-38-62-89)95(116)83-49-25-10-26-50-83,72-130-108(123)78(5)137-102(90-63-39-17-40-64-90)96(117)84-51-27-11-28-52-84)73-131-109(124)79(6)138-103(91-65-41-18-42-66-91)97(118)85-53-29-12-30-54-85/h7-66,74-79,98-103H,67-73H2,1-6H3. The van der Waals surface area contributed by atoms with Gasteiger partial charge in [-0.2, -0.15) is 0 Å². The summed E-state index contributed by atoms with van der Waals surface area (Å²) in [5, 5.41) is -13.8. The van der Waals surface area contributed by atoms with E-state index in [2.05, 4.69) is 0 Å². The first-order valence-electron chi connectivity index (χ1n) is 44.7. The number of benzene rings is 12. The molecule has 0 saturated carbocycles. The number of rotatable bonds is 51. The maximum absolute atomic E-state index is 17.0. The topological polar surface area (TPSA) is 287 Å². The number of esters is 7. The molecule has 12 aromatic rings. The molecule has 0 amide bonds. The summed E-state index contributed by atoms with van der Waals surface area (Å²) in [6, 6.07) is 103. The molecule has 0 bridgehead atoms. The molecule has 0 radical (unpaired) electrons. The van der Waals surface area contributed by atoms with Crippen molar-refractivity contribution in [1.29, 1.82) is 0 Å². The molecule has 0 aliphatic carbocycles. The van der Waals surface area contributed by atoms with Crippen LogP contribution in [0.3, 0.4) is 0 Å². The Morgan fingerprint density at radius 3 is 0.471 bits per heavy atom. The molecule has 138 heavy (non-hydrogen) atoms. The highest BCUT2D eigenvalue weighted by Crippen LogP contribution is 2.44. The van der Waals surface area contributed by atoms with Crippen molar-refractivity contribution in [3.8, 4) is 0 Å². The Kier molecular flexibility index (Phi) is 39.2. The molecule has 0 spiro atoms. The van der Waals surface area contributed by atoms with Crippen LogP contribution in [0.15, 0.2) is 364 Å². The molecule has 0 aliphatic rings. The molecule has 12 unspecified atom stereocenters. The average molecular weight is 1960 g/mol. The Morgan fingerprint density at radius 1 is 0.188 bits per heavy atom. The fourth-order valence-electron chi connectivity index (χ4n) is 14.5. The zero-order valence-corrected chi connectivity index (χ0v) is 81.5. The van der Waals surface area contributed by atoms with Crippen LogP contribution in [0.1, 0.15) is 169 Å². The normalized spacial score (nSPS) is 14.7. The molecule has 708 valence electrons. The third kappa shape index (κ3) is 29.1. The Bertz CT molecular complexity index is 5480. The van der Waals surface area contributed by atoms with Gasteiger partial charge in [-0.3, -0.25) is 62.3 Å². The van der Waals surface area contributed by atoms with Crippen molar-refractivity contribution >= 4 is 147 Å². The maximum Gasteiger partial charge on any atom is 0.322 e. The van der Waals surface area contributed by atoms with Crippen LogP contribution in [-0.4, -0.2) is 154 Å². The summed E-state index contributed by atoms with van der Waals surface area (Å²) >= 11 is 5.61. The average Bonchev–Trinajstić information content (AvgIpc) is 0.806. The highest BCUT2D eigenvalue weighted by Gasteiger charge is 2.50. The summed E-state index contributed by atoms with van der Waals surface area (Å²) in [6.07, 6.45) is 0. The predicted octanol–water partition coefficient (Wildman–Crippen LogP) is 22.2. The molecule has 12 atom stereocenters. The van der Waals surface area contributed by atoms with Gasteiger partial charge in [0.1, 0.15) is 83.2 Å². The summed E-state index contributed by atoms with van der Waals surface area (Å²) in [7, 11) is 0. The third-order valence-electron chi connectivity index (χ3n) is 22.4. The molecule has 0 heterocycles. The van der Waals surface area contributed by atoms with Crippen LogP contribution in [0, 0.1) is 10.8 Å². The van der Waals surface area contributed by atoms with E-state index in [9.17, 15) is 28.8 Å². The van der Waals surface area contributed by atoms with Crippen LogP contribution >= 0.6 is 70.6 Å². The van der Waals surface area contributed by atoms with Crippen molar-refractivity contribution in [1.82, 2.24) is 0 Å². The van der Waals surface area contributed by atoms with Crippen LogP contribution in [0.5, 0.6) is 0 Å². The smallest absolute Gasteiger partial charge is 0.322 e. The maximum atomic E-state index is 17.0. The summed E-state index contributed by atoms with van der Waals surface area (Å²) < 4.78 is 44.9. The minimum atomic E-state index is -2.75. The van der Waals surface area contributed by atoms with Gasteiger partial charge in [0.2, 0.25) is 0 Å². The Labute approximate surface area is 828 Å². The molecule has 26 heteroatoms. The number of carbonyl (C=O) groups is 13. The van der Waals surface area contributed by atoms with E-state index in [1.165, 1.54) is 41.5 Å². The van der Waals surface area contributed by atoms with Gasteiger partial charge in [0.05, 0.1) is 31.5 Å². The first-order valence-corrected chi connectivity index (χ1v) is 50.4. The lowest BCUT2D eigenvalue weighted by Crippen LogP contribution is -2.51. The van der Waals surface area contributed by atoms with Crippen LogP contribution in [-0.2, 0) is 66.7 Å². The van der Waals surface area contributed by atoms with Crippen LogP contribution in [0.25, 0.3) is 0 Å². The van der Waals surface area contributed by atoms with E-state index in [4.69, 9.17) is 33.2 Å². The van der Waals surface area contributed by atoms with Gasteiger partial charge in [0.25, 0.3) is 0 Å². The second kappa shape index (κ2) is 52.0. The van der Waals surface area contributed by atoms with Crippen LogP contribution in [0.4, 0.5) is 0 Å². The van der Waals surface area contributed by atoms with E-state index < -0.39 is 162 Å². The molecule has 12 rings (SSSR count). The zero-order chi connectivity index (χ0) is 97.9. The molecule has 0 saturated heterocycles. The fourth-order valence-corrected chi connectivity index (χ4v) is 21.5. The number of carbonyl (C=O) groups excluding carboxylic acids is 13. The Hall–Kier alpha value is -13.0. The van der Waals surface area contributed by atoms with Gasteiger partial charge in [0.15, 0.2) is 40.1 Å². The van der Waals surface area contributed by atoms with Gasteiger partial charge in [0, 0.05) is 33.4 Å². The van der Waals surface area contributed by atoms with Gasteiger partial charge >= 0.3 is 41.8 Å². The van der Waals surface area contributed by atoms with Crippen molar-refractivity contribution in [2.75, 3.05) is 46.2 Å². The number of ether oxygens (including phenoxy) is 7. The molecule has 0 aliphatic heterocycles. The lowest BCUT2D eigenvalue weighted by atomic mass is 9.89. The van der Waals surface area contributed by atoms with Crippen LogP contribution < -0.4 is 0 Å². The van der Waals surface area contributed by atoms with Crippen LogP contribution in [0.2, 0.25) is 0 Å². The largest absolute Gasteiger partial charge is 0.464 e. The number of thioether (sulfide) groups is 6. The van der Waals surface area contributed by atoms with Crippen molar-refractivity contribution < 1.29 is 95.5 Å². The molecule has 0 fully saturated rings. The van der Waals surface area contributed by atoms with Gasteiger partial charge in [-0.25, -0.2) is 0 Å². The van der Waals surface area contributed by atoms with Gasteiger partial charge < -0.3 is 33.2 Å².